The first-order valence-electron chi connectivity index (χ1n) is 9.90. The van der Waals surface area contributed by atoms with Crippen LogP contribution in [-0.4, -0.2) is 51.4 Å². The number of nitrogens with one attached hydrogen (secondary N) is 1. The third kappa shape index (κ3) is 3.84. The standard InChI is InChI=1S/C21H21Cl2N5O/c22-14-3-4-15(16(23)9-14)21-18(5-7-27-8-6-24-20(29)12-27)28-11-17(13-1-2-13)25-10-19(28)26-21/h3-4,9-11,13H,1-2,5-8,12H2,(H,24,29). The van der Waals surface area contributed by atoms with Crippen LogP contribution in [0.15, 0.2) is 30.6 Å². The number of benzene rings is 1. The molecule has 1 aliphatic heterocycles. The molecule has 1 N–H and O–H groups in total. The van der Waals surface area contributed by atoms with Crippen LogP contribution in [0.5, 0.6) is 0 Å². The van der Waals surface area contributed by atoms with E-state index in [1.807, 2.05) is 18.3 Å². The molecule has 2 aliphatic rings. The fourth-order valence-corrected chi connectivity index (χ4v) is 4.39. The molecule has 5 rings (SSSR count). The lowest BCUT2D eigenvalue weighted by molar-refractivity contribution is -0.124. The Balaban J connectivity index is 1.55. The third-order valence-corrected chi connectivity index (χ3v) is 6.14. The number of halogens is 2. The summed E-state index contributed by atoms with van der Waals surface area (Å²) in [6.45, 7) is 2.76. The van der Waals surface area contributed by atoms with Crippen LogP contribution in [0.25, 0.3) is 16.9 Å². The molecule has 1 amide bonds. The Kier molecular flexibility index (Phi) is 4.94. The van der Waals surface area contributed by atoms with Gasteiger partial charge in [0, 0.05) is 48.8 Å². The van der Waals surface area contributed by atoms with E-state index in [1.165, 1.54) is 12.8 Å². The van der Waals surface area contributed by atoms with Crippen molar-refractivity contribution in [1.82, 2.24) is 24.6 Å². The number of piperazine rings is 1. The lowest BCUT2D eigenvalue weighted by atomic mass is 10.1. The van der Waals surface area contributed by atoms with Gasteiger partial charge in [0.25, 0.3) is 0 Å². The summed E-state index contributed by atoms with van der Waals surface area (Å²) in [5.41, 5.74) is 4.71. The molecule has 0 atom stereocenters. The molecule has 3 aromatic rings. The van der Waals surface area contributed by atoms with Crippen LogP contribution in [0.1, 0.15) is 30.1 Å². The van der Waals surface area contributed by atoms with Crippen molar-refractivity contribution in [3.8, 4) is 11.3 Å². The average Bonchev–Trinajstić information content (AvgIpc) is 3.48. The smallest absolute Gasteiger partial charge is 0.234 e. The highest BCUT2D eigenvalue weighted by atomic mass is 35.5. The van der Waals surface area contributed by atoms with Crippen LogP contribution in [0.2, 0.25) is 10.0 Å². The van der Waals surface area contributed by atoms with Gasteiger partial charge >= 0.3 is 0 Å². The van der Waals surface area contributed by atoms with E-state index in [9.17, 15) is 4.79 Å². The molecule has 2 aromatic heterocycles. The maximum Gasteiger partial charge on any atom is 0.234 e. The zero-order chi connectivity index (χ0) is 20.0. The van der Waals surface area contributed by atoms with Gasteiger partial charge in [0.1, 0.15) is 0 Å². The van der Waals surface area contributed by atoms with Crippen molar-refractivity contribution >= 4 is 34.8 Å². The van der Waals surface area contributed by atoms with Crippen molar-refractivity contribution < 1.29 is 4.79 Å². The molecule has 150 valence electrons. The van der Waals surface area contributed by atoms with Crippen molar-refractivity contribution in [2.75, 3.05) is 26.2 Å². The fourth-order valence-electron chi connectivity index (χ4n) is 3.89. The van der Waals surface area contributed by atoms with Crippen LogP contribution in [-0.2, 0) is 11.2 Å². The number of fused-ring (bicyclic) bond motifs is 1. The van der Waals surface area contributed by atoms with Gasteiger partial charge in [-0.2, -0.15) is 0 Å². The minimum atomic E-state index is 0.0792. The lowest BCUT2D eigenvalue weighted by Crippen LogP contribution is -2.48. The molecule has 1 aromatic carbocycles. The molecule has 8 heteroatoms. The Bertz CT molecular complexity index is 1090. The summed E-state index contributed by atoms with van der Waals surface area (Å²) >= 11 is 12.6. The van der Waals surface area contributed by atoms with Gasteiger partial charge in [-0.15, -0.1) is 0 Å². The Labute approximate surface area is 178 Å². The van der Waals surface area contributed by atoms with Gasteiger partial charge < -0.3 is 9.72 Å². The SMILES string of the molecule is O=C1CN(CCc2c(-c3ccc(Cl)cc3Cl)nc3cnc(C4CC4)cn23)CCN1. The average molecular weight is 430 g/mol. The molecule has 1 aliphatic carbocycles. The first kappa shape index (κ1) is 18.9. The highest BCUT2D eigenvalue weighted by molar-refractivity contribution is 6.36. The summed E-state index contributed by atoms with van der Waals surface area (Å²) in [4.78, 5) is 23.4. The Morgan fingerprint density at radius 3 is 2.86 bits per heavy atom. The number of nitrogens with zero attached hydrogens (tertiary/aromatic N) is 4. The summed E-state index contributed by atoms with van der Waals surface area (Å²) < 4.78 is 2.14. The van der Waals surface area contributed by atoms with Crippen molar-refractivity contribution in [2.45, 2.75) is 25.2 Å². The molecule has 29 heavy (non-hydrogen) atoms. The molecule has 0 bridgehead atoms. The summed E-state index contributed by atoms with van der Waals surface area (Å²) in [5, 5.41) is 4.05. The van der Waals surface area contributed by atoms with Crippen LogP contribution in [0.4, 0.5) is 0 Å². The van der Waals surface area contributed by atoms with E-state index in [2.05, 4.69) is 25.8 Å². The normalized spacial score (nSPS) is 17.7. The van der Waals surface area contributed by atoms with Gasteiger partial charge in [0.2, 0.25) is 5.91 Å². The van der Waals surface area contributed by atoms with Crippen molar-refractivity contribution in [3.05, 3.63) is 52.0 Å². The maximum absolute atomic E-state index is 11.7. The minimum Gasteiger partial charge on any atom is -0.354 e. The van der Waals surface area contributed by atoms with E-state index in [-0.39, 0.29) is 5.91 Å². The first-order valence-corrected chi connectivity index (χ1v) is 10.7. The Morgan fingerprint density at radius 2 is 2.10 bits per heavy atom. The molecule has 0 unspecified atom stereocenters. The number of rotatable bonds is 5. The highest BCUT2D eigenvalue weighted by Gasteiger charge is 2.27. The van der Waals surface area contributed by atoms with E-state index < -0.39 is 0 Å². The molecule has 6 nitrogen and oxygen atoms in total. The third-order valence-electron chi connectivity index (χ3n) is 5.59. The van der Waals surface area contributed by atoms with E-state index in [1.54, 1.807) is 6.07 Å². The zero-order valence-corrected chi connectivity index (χ0v) is 17.4. The second-order valence-electron chi connectivity index (χ2n) is 7.72. The van der Waals surface area contributed by atoms with Crippen LogP contribution in [0, 0.1) is 0 Å². The number of aromatic nitrogens is 3. The summed E-state index contributed by atoms with van der Waals surface area (Å²) in [6, 6.07) is 5.49. The van der Waals surface area contributed by atoms with Crippen LogP contribution in [0.3, 0.4) is 0 Å². The predicted molar refractivity (Wildman–Crippen MR) is 114 cm³/mol. The molecule has 0 radical (unpaired) electrons. The Morgan fingerprint density at radius 1 is 1.24 bits per heavy atom. The molecule has 1 saturated carbocycles. The van der Waals surface area contributed by atoms with E-state index in [0.29, 0.717) is 29.1 Å². The molecule has 0 spiro atoms. The van der Waals surface area contributed by atoms with Gasteiger partial charge in [-0.25, -0.2) is 4.98 Å². The van der Waals surface area contributed by atoms with Gasteiger partial charge in [-0.1, -0.05) is 23.2 Å². The van der Waals surface area contributed by atoms with Crippen molar-refractivity contribution in [3.63, 3.8) is 0 Å². The van der Waals surface area contributed by atoms with Crippen molar-refractivity contribution in [2.24, 2.45) is 0 Å². The monoisotopic (exact) mass is 429 g/mol. The summed E-state index contributed by atoms with van der Waals surface area (Å²) in [7, 11) is 0. The summed E-state index contributed by atoms with van der Waals surface area (Å²) in [6.07, 6.45) is 7.11. The first-order chi connectivity index (χ1) is 14.1. The molecule has 1 saturated heterocycles. The topological polar surface area (TPSA) is 62.5 Å². The van der Waals surface area contributed by atoms with Crippen LogP contribution < -0.4 is 5.32 Å². The number of carbonyl (C=O) groups is 1. The molecule has 3 heterocycles. The van der Waals surface area contributed by atoms with Crippen molar-refractivity contribution in [1.29, 1.82) is 0 Å². The maximum atomic E-state index is 11.7. The quantitative estimate of drug-likeness (QED) is 0.673. The number of imidazole rings is 1. The van der Waals surface area contributed by atoms with Gasteiger partial charge in [-0.3, -0.25) is 14.7 Å². The number of hydrogen-bond acceptors (Lipinski definition) is 4. The largest absolute Gasteiger partial charge is 0.354 e. The second kappa shape index (κ2) is 7.59. The minimum absolute atomic E-state index is 0.0792. The van der Waals surface area contributed by atoms with Gasteiger partial charge in [0.05, 0.1) is 34.8 Å². The lowest BCUT2D eigenvalue weighted by Gasteiger charge is -2.26. The van der Waals surface area contributed by atoms with Gasteiger partial charge in [-0.05, 0) is 31.0 Å². The number of carbonyl (C=O) groups excluding carboxylic acids is 1. The van der Waals surface area contributed by atoms with Crippen LogP contribution >= 0.6 is 23.2 Å². The predicted octanol–water partition coefficient (Wildman–Crippen LogP) is 3.55. The fraction of sp³-hybridized carbons (Fsp3) is 0.381. The molecule has 2 fully saturated rings. The number of amides is 1. The highest BCUT2D eigenvalue weighted by Crippen LogP contribution is 2.39. The summed E-state index contributed by atoms with van der Waals surface area (Å²) in [5.74, 6) is 0.638. The van der Waals surface area contributed by atoms with E-state index in [0.717, 1.165) is 47.8 Å². The zero-order valence-electron chi connectivity index (χ0n) is 15.9. The van der Waals surface area contributed by atoms with E-state index >= 15 is 0 Å². The molecular formula is C21H21Cl2N5O. The number of hydrogen-bond donors (Lipinski definition) is 1. The Hall–Kier alpha value is -2.15. The van der Waals surface area contributed by atoms with E-state index in [4.69, 9.17) is 28.2 Å². The molecular weight excluding hydrogens is 409 g/mol. The second-order valence-corrected chi connectivity index (χ2v) is 8.57. The van der Waals surface area contributed by atoms with Gasteiger partial charge in [0.15, 0.2) is 5.65 Å².